The van der Waals surface area contributed by atoms with Crippen molar-refractivity contribution < 1.29 is 0 Å². The predicted octanol–water partition coefficient (Wildman–Crippen LogP) is 3.65. The molecule has 0 spiro atoms. The number of hydrogen-bond donors (Lipinski definition) is 1. The quantitative estimate of drug-likeness (QED) is 0.785. The zero-order valence-corrected chi connectivity index (χ0v) is 12.0. The van der Waals surface area contributed by atoms with E-state index in [0.717, 1.165) is 10.7 Å². The lowest BCUT2D eigenvalue weighted by molar-refractivity contribution is -0.136. The van der Waals surface area contributed by atoms with E-state index in [1.54, 1.807) is 0 Å². The van der Waals surface area contributed by atoms with Crippen molar-refractivity contribution in [2.75, 3.05) is 0 Å². The molecular weight excluding hydrogens is 242 g/mol. The van der Waals surface area contributed by atoms with Crippen LogP contribution in [0.25, 0.3) is 0 Å². The fourth-order valence-electron chi connectivity index (χ4n) is 6.24. The monoisotopic (exact) mass is 263 g/mol. The first kappa shape index (κ1) is 11.2. The van der Waals surface area contributed by atoms with Gasteiger partial charge >= 0.3 is 0 Å². The highest BCUT2D eigenvalue weighted by molar-refractivity contribution is 7.71. The topological polar surface area (TPSA) is 33.6 Å². The highest BCUT2D eigenvalue weighted by Gasteiger charge is 2.60. The molecule has 0 aliphatic heterocycles. The lowest BCUT2D eigenvalue weighted by Crippen LogP contribution is -2.59. The van der Waals surface area contributed by atoms with Gasteiger partial charge in [-0.2, -0.15) is 5.10 Å². The second kappa shape index (κ2) is 3.09. The van der Waals surface area contributed by atoms with Crippen LogP contribution in [0.3, 0.4) is 0 Å². The maximum atomic E-state index is 5.44. The second-order valence-corrected chi connectivity index (χ2v) is 8.27. The van der Waals surface area contributed by atoms with Crippen LogP contribution in [0, 0.1) is 21.5 Å². The zero-order valence-electron chi connectivity index (χ0n) is 11.2. The van der Waals surface area contributed by atoms with E-state index in [9.17, 15) is 0 Å². The van der Waals surface area contributed by atoms with Gasteiger partial charge in [0, 0.05) is 5.54 Å². The number of nitrogens with one attached hydrogen (secondary N) is 1. The van der Waals surface area contributed by atoms with Gasteiger partial charge in [-0.3, -0.25) is 5.10 Å². The lowest BCUT2D eigenvalue weighted by Gasteiger charge is -2.65. The van der Waals surface area contributed by atoms with Crippen molar-refractivity contribution in [3.63, 3.8) is 0 Å². The maximum absolute atomic E-state index is 5.44. The average Bonchev–Trinajstić information content (AvgIpc) is 2.58. The normalized spacial score (nSPS) is 49.8. The minimum absolute atomic E-state index is 0.257. The first-order valence-electron chi connectivity index (χ1n) is 7.05. The summed E-state index contributed by atoms with van der Waals surface area (Å²) < 4.78 is 3.09. The van der Waals surface area contributed by atoms with Crippen LogP contribution in [0.4, 0.5) is 0 Å². The van der Waals surface area contributed by atoms with Gasteiger partial charge in [0.1, 0.15) is 6.33 Å². The van der Waals surface area contributed by atoms with Crippen LogP contribution in [0.2, 0.25) is 0 Å². The molecule has 0 saturated heterocycles. The van der Waals surface area contributed by atoms with Crippen LogP contribution in [0.1, 0.15) is 52.4 Å². The smallest absolute Gasteiger partial charge is 0.195 e. The van der Waals surface area contributed by atoms with Crippen LogP contribution >= 0.6 is 12.2 Å². The van der Waals surface area contributed by atoms with E-state index in [4.69, 9.17) is 12.2 Å². The number of H-pyrrole nitrogens is 1. The van der Waals surface area contributed by atoms with Crippen molar-refractivity contribution in [3.05, 3.63) is 11.1 Å². The van der Waals surface area contributed by atoms with Gasteiger partial charge < -0.3 is 4.57 Å². The molecule has 1 aromatic heterocycles. The van der Waals surface area contributed by atoms with Crippen LogP contribution in [0.5, 0.6) is 0 Å². The summed E-state index contributed by atoms with van der Waals surface area (Å²) in [4.78, 5) is 0. The summed E-state index contributed by atoms with van der Waals surface area (Å²) in [6.45, 7) is 4.99. The Hall–Kier alpha value is -0.640. The molecule has 4 aliphatic rings. The number of aromatic nitrogens is 3. The molecule has 0 aromatic carbocycles. The molecule has 0 radical (unpaired) electrons. The SMILES string of the molecule is CC12CC3CC(C)(C1)CC(n1cn[nH]c1=S)(C3)C2. The van der Waals surface area contributed by atoms with Crippen LogP contribution in [0.15, 0.2) is 6.33 Å². The molecule has 2 unspecified atom stereocenters. The molecule has 4 bridgehead atoms. The fourth-order valence-corrected chi connectivity index (χ4v) is 6.54. The Bertz CT molecular complexity index is 539. The summed E-state index contributed by atoms with van der Waals surface area (Å²) in [6, 6.07) is 0. The van der Waals surface area contributed by atoms with Gasteiger partial charge in [-0.25, -0.2) is 0 Å². The Morgan fingerprint density at radius 3 is 2.39 bits per heavy atom. The van der Waals surface area contributed by atoms with E-state index in [0.29, 0.717) is 10.8 Å². The molecule has 5 rings (SSSR count). The number of rotatable bonds is 1. The van der Waals surface area contributed by atoms with Crippen LogP contribution in [-0.2, 0) is 5.54 Å². The Labute approximate surface area is 113 Å². The van der Waals surface area contributed by atoms with Gasteiger partial charge in [-0.05, 0) is 67.5 Å². The van der Waals surface area contributed by atoms with E-state index in [-0.39, 0.29) is 5.54 Å². The number of aromatic amines is 1. The molecule has 2 atom stereocenters. The molecule has 4 saturated carbocycles. The Morgan fingerprint density at radius 2 is 1.89 bits per heavy atom. The third kappa shape index (κ3) is 1.35. The Balaban J connectivity index is 1.87. The van der Waals surface area contributed by atoms with Gasteiger partial charge in [0.15, 0.2) is 4.77 Å². The highest BCUT2D eigenvalue weighted by atomic mass is 32.1. The van der Waals surface area contributed by atoms with Crippen molar-refractivity contribution >= 4 is 12.2 Å². The Morgan fingerprint density at radius 1 is 1.22 bits per heavy atom. The van der Waals surface area contributed by atoms with Crippen LogP contribution < -0.4 is 0 Å². The molecule has 0 amide bonds. The van der Waals surface area contributed by atoms with Crippen LogP contribution in [-0.4, -0.2) is 14.8 Å². The molecule has 1 N–H and O–H groups in total. The summed E-state index contributed by atoms with van der Waals surface area (Å²) >= 11 is 5.44. The van der Waals surface area contributed by atoms with E-state index in [1.165, 1.54) is 38.5 Å². The minimum atomic E-state index is 0.257. The molecule has 98 valence electrons. The highest BCUT2D eigenvalue weighted by Crippen LogP contribution is 2.68. The summed E-state index contributed by atoms with van der Waals surface area (Å²) in [5, 5.41) is 7.10. The van der Waals surface area contributed by atoms with E-state index in [2.05, 4.69) is 28.6 Å². The second-order valence-electron chi connectivity index (χ2n) is 7.89. The molecule has 3 nitrogen and oxygen atoms in total. The largest absolute Gasteiger partial charge is 0.300 e. The molecular formula is C14H21N3S. The third-order valence-corrected chi connectivity index (χ3v) is 5.95. The van der Waals surface area contributed by atoms with Gasteiger partial charge in [0.25, 0.3) is 0 Å². The summed E-state index contributed by atoms with van der Waals surface area (Å²) in [5.74, 6) is 0.896. The van der Waals surface area contributed by atoms with E-state index >= 15 is 0 Å². The van der Waals surface area contributed by atoms with E-state index < -0.39 is 0 Å². The van der Waals surface area contributed by atoms with Crippen molar-refractivity contribution in [2.45, 2.75) is 57.9 Å². The molecule has 1 aromatic rings. The average molecular weight is 263 g/mol. The van der Waals surface area contributed by atoms with Gasteiger partial charge in [-0.15, -0.1) is 0 Å². The molecule has 4 heteroatoms. The summed E-state index contributed by atoms with van der Waals surface area (Å²) in [6.07, 6.45) is 10.1. The summed E-state index contributed by atoms with van der Waals surface area (Å²) in [5.41, 5.74) is 1.31. The number of nitrogens with zero attached hydrogens (tertiary/aromatic N) is 2. The molecule has 1 heterocycles. The van der Waals surface area contributed by atoms with Crippen molar-refractivity contribution in [3.8, 4) is 0 Å². The molecule has 4 aliphatic carbocycles. The lowest BCUT2D eigenvalue weighted by atomic mass is 9.42. The fraction of sp³-hybridized carbons (Fsp3) is 0.857. The predicted molar refractivity (Wildman–Crippen MR) is 72.8 cm³/mol. The first-order chi connectivity index (χ1) is 8.42. The molecule has 18 heavy (non-hydrogen) atoms. The van der Waals surface area contributed by atoms with Gasteiger partial charge in [-0.1, -0.05) is 13.8 Å². The van der Waals surface area contributed by atoms with Crippen molar-refractivity contribution in [2.24, 2.45) is 16.7 Å². The van der Waals surface area contributed by atoms with Gasteiger partial charge in [0.05, 0.1) is 0 Å². The van der Waals surface area contributed by atoms with Crippen molar-refractivity contribution in [1.29, 1.82) is 0 Å². The van der Waals surface area contributed by atoms with Gasteiger partial charge in [0.2, 0.25) is 0 Å². The number of hydrogen-bond acceptors (Lipinski definition) is 2. The standard InChI is InChI=1S/C14H21N3S/c1-12-3-10-4-13(2,6-12)8-14(5-10,7-12)17-9-15-16-11(17)18/h9-10H,3-8H2,1-2H3,(H,16,18). The van der Waals surface area contributed by atoms with Crippen molar-refractivity contribution in [1.82, 2.24) is 14.8 Å². The van der Waals surface area contributed by atoms with E-state index in [1.807, 2.05) is 6.33 Å². The minimum Gasteiger partial charge on any atom is -0.300 e. The maximum Gasteiger partial charge on any atom is 0.195 e. The third-order valence-electron chi connectivity index (χ3n) is 5.66. The first-order valence-corrected chi connectivity index (χ1v) is 7.46. The summed E-state index contributed by atoms with van der Waals surface area (Å²) in [7, 11) is 0. The zero-order chi connectivity index (χ0) is 12.6. The Kier molecular flexibility index (Phi) is 1.92. The molecule has 4 fully saturated rings.